The quantitative estimate of drug-likeness (QED) is 0.451. The molecule has 1 aliphatic carbocycles. The molecular weight excluding hydrogens is 480 g/mol. The van der Waals surface area contributed by atoms with Crippen LogP contribution in [0.4, 0.5) is 23.4 Å². The van der Waals surface area contributed by atoms with Crippen LogP contribution in [0.1, 0.15) is 49.2 Å². The van der Waals surface area contributed by atoms with Gasteiger partial charge in [0.05, 0.1) is 28.0 Å². The van der Waals surface area contributed by atoms with Crippen LogP contribution in [-0.2, 0) is 5.54 Å². The molecule has 0 bridgehead atoms. The monoisotopic (exact) mass is 498 g/mol. The minimum absolute atomic E-state index is 0.0528. The number of aryl methyl sites for hydroxylation is 1. The fourth-order valence-corrected chi connectivity index (χ4v) is 4.16. The molecule has 1 saturated carbocycles. The number of hydrogen-bond acceptors (Lipinski definition) is 4. The number of halogens is 5. The van der Waals surface area contributed by atoms with Crippen molar-refractivity contribution >= 4 is 32.7 Å². The van der Waals surface area contributed by atoms with E-state index in [9.17, 15) is 22.4 Å². The SMILES string of the molecule is Cc1nc(N[C@H](C)c2cccc(C(F)F)c2F)c2cn(C3(CF)CC3)c(=O)c(Br)c2n1. The van der Waals surface area contributed by atoms with Crippen LogP contribution in [0.2, 0.25) is 0 Å². The molecule has 1 aromatic carbocycles. The van der Waals surface area contributed by atoms with Gasteiger partial charge in [-0.25, -0.2) is 27.5 Å². The number of hydrogen-bond donors (Lipinski definition) is 1. The largest absolute Gasteiger partial charge is 0.363 e. The number of aromatic nitrogens is 3. The molecule has 5 nitrogen and oxygen atoms in total. The second kappa shape index (κ2) is 7.89. The summed E-state index contributed by atoms with van der Waals surface area (Å²) in [7, 11) is 0. The van der Waals surface area contributed by atoms with E-state index in [1.54, 1.807) is 13.8 Å². The third-order valence-electron chi connectivity index (χ3n) is 5.63. The molecule has 0 unspecified atom stereocenters. The molecule has 0 radical (unpaired) electrons. The lowest BCUT2D eigenvalue weighted by Crippen LogP contribution is -2.32. The lowest BCUT2D eigenvalue weighted by molar-refractivity contribution is 0.146. The van der Waals surface area contributed by atoms with Crippen molar-refractivity contribution in [3.63, 3.8) is 0 Å². The first-order valence-corrected chi connectivity index (χ1v) is 10.5. The third-order valence-corrected chi connectivity index (χ3v) is 6.35. The summed E-state index contributed by atoms with van der Waals surface area (Å²) in [5.41, 5.74) is -1.56. The zero-order chi connectivity index (χ0) is 22.5. The topological polar surface area (TPSA) is 59.8 Å². The highest BCUT2D eigenvalue weighted by atomic mass is 79.9. The zero-order valence-electron chi connectivity index (χ0n) is 16.7. The second-order valence-electron chi connectivity index (χ2n) is 7.78. The summed E-state index contributed by atoms with van der Waals surface area (Å²) < 4.78 is 56.0. The Bertz CT molecular complexity index is 1230. The van der Waals surface area contributed by atoms with E-state index in [0.717, 1.165) is 6.07 Å². The van der Waals surface area contributed by atoms with Crippen LogP contribution >= 0.6 is 15.9 Å². The summed E-state index contributed by atoms with van der Waals surface area (Å²) >= 11 is 3.28. The van der Waals surface area contributed by atoms with E-state index in [4.69, 9.17) is 0 Å². The summed E-state index contributed by atoms with van der Waals surface area (Å²) in [6, 6.07) is 3.12. The van der Waals surface area contributed by atoms with Crippen LogP contribution < -0.4 is 10.9 Å². The number of rotatable bonds is 6. The maximum Gasteiger partial charge on any atom is 0.267 e. The predicted molar refractivity (Wildman–Crippen MR) is 113 cm³/mol. The van der Waals surface area contributed by atoms with Crippen molar-refractivity contribution in [1.82, 2.24) is 14.5 Å². The number of fused-ring (bicyclic) bond motifs is 1. The first-order chi connectivity index (χ1) is 14.7. The van der Waals surface area contributed by atoms with Gasteiger partial charge in [-0.2, -0.15) is 0 Å². The van der Waals surface area contributed by atoms with Crippen molar-refractivity contribution < 1.29 is 17.6 Å². The molecular formula is C21H19BrF4N4O. The van der Waals surface area contributed by atoms with Crippen molar-refractivity contribution in [1.29, 1.82) is 0 Å². The highest BCUT2D eigenvalue weighted by Crippen LogP contribution is 2.44. The van der Waals surface area contributed by atoms with E-state index in [1.807, 2.05) is 0 Å². The van der Waals surface area contributed by atoms with E-state index in [1.165, 1.54) is 22.9 Å². The molecule has 2 heterocycles. The average molecular weight is 499 g/mol. The van der Waals surface area contributed by atoms with Crippen molar-refractivity contribution in [3.8, 4) is 0 Å². The third kappa shape index (κ3) is 3.71. The summed E-state index contributed by atoms with van der Waals surface area (Å²) in [4.78, 5) is 21.5. The van der Waals surface area contributed by atoms with Gasteiger partial charge in [-0.05, 0) is 42.6 Å². The number of nitrogens with zero attached hydrogens (tertiary/aromatic N) is 3. The highest BCUT2D eigenvalue weighted by Gasteiger charge is 2.46. The number of pyridine rings is 1. The van der Waals surface area contributed by atoms with Gasteiger partial charge < -0.3 is 9.88 Å². The van der Waals surface area contributed by atoms with Crippen LogP contribution in [0.5, 0.6) is 0 Å². The lowest BCUT2D eigenvalue weighted by atomic mass is 10.0. The molecule has 3 aromatic rings. The fraction of sp³-hybridized carbons (Fsp3) is 0.381. The van der Waals surface area contributed by atoms with Crippen LogP contribution in [-0.4, -0.2) is 21.2 Å². The Morgan fingerprint density at radius 3 is 2.55 bits per heavy atom. The first-order valence-electron chi connectivity index (χ1n) is 9.67. The summed E-state index contributed by atoms with van der Waals surface area (Å²) in [5.74, 6) is -0.338. The molecule has 4 rings (SSSR count). The Labute approximate surface area is 183 Å². The molecule has 1 atom stereocenters. The van der Waals surface area contributed by atoms with Gasteiger partial charge in [0.15, 0.2) is 0 Å². The normalized spacial score (nSPS) is 16.0. The van der Waals surface area contributed by atoms with Crippen molar-refractivity contribution in [2.45, 2.75) is 44.7 Å². The molecule has 164 valence electrons. The van der Waals surface area contributed by atoms with Gasteiger partial charge in [0.2, 0.25) is 0 Å². The van der Waals surface area contributed by atoms with E-state index in [2.05, 4.69) is 31.2 Å². The minimum Gasteiger partial charge on any atom is -0.363 e. The molecule has 0 amide bonds. The Morgan fingerprint density at radius 1 is 1.26 bits per heavy atom. The van der Waals surface area contributed by atoms with E-state index in [0.29, 0.717) is 35.4 Å². The molecule has 1 N–H and O–H groups in total. The molecule has 1 aliphatic rings. The molecule has 10 heteroatoms. The standard InChI is InChI=1S/C21H19BrF4N4O/c1-10(12-4-3-5-13(16(12)24)18(25)26)27-19-14-8-30(21(9-23)6-7-21)20(31)15(22)17(14)28-11(2)29-19/h3-5,8,10,18H,6-7,9H2,1-2H3,(H,27,28,29)/t10-/m1/s1. The minimum atomic E-state index is -2.94. The van der Waals surface area contributed by atoms with Gasteiger partial charge in [-0.15, -0.1) is 0 Å². The smallest absolute Gasteiger partial charge is 0.267 e. The Kier molecular flexibility index (Phi) is 5.53. The van der Waals surface area contributed by atoms with Gasteiger partial charge in [0, 0.05) is 11.8 Å². The predicted octanol–water partition coefficient (Wildman–Crippen LogP) is 5.57. The highest BCUT2D eigenvalue weighted by molar-refractivity contribution is 9.10. The number of benzene rings is 1. The van der Waals surface area contributed by atoms with Gasteiger partial charge in [0.25, 0.3) is 12.0 Å². The van der Waals surface area contributed by atoms with Crippen molar-refractivity contribution in [2.75, 3.05) is 12.0 Å². The number of nitrogens with one attached hydrogen (secondary N) is 1. The molecule has 2 aromatic heterocycles. The lowest BCUT2D eigenvalue weighted by Gasteiger charge is -2.21. The summed E-state index contributed by atoms with van der Waals surface area (Å²) in [5, 5.41) is 3.49. The Morgan fingerprint density at radius 2 is 1.94 bits per heavy atom. The first kappa shape index (κ1) is 21.7. The van der Waals surface area contributed by atoms with Crippen molar-refractivity contribution in [3.05, 3.63) is 62.0 Å². The average Bonchev–Trinajstić information content (AvgIpc) is 3.52. The Hall–Kier alpha value is -2.49. The van der Waals surface area contributed by atoms with Crippen LogP contribution in [0.15, 0.2) is 33.7 Å². The summed E-state index contributed by atoms with van der Waals surface area (Å²) in [6.45, 7) is 2.57. The Balaban J connectivity index is 1.83. The zero-order valence-corrected chi connectivity index (χ0v) is 18.3. The molecule has 1 fully saturated rings. The summed E-state index contributed by atoms with van der Waals surface area (Å²) in [6.07, 6.45) is -0.345. The molecule has 0 saturated heterocycles. The maximum atomic E-state index is 14.6. The number of alkyl halides is 3. The van der Waals surface area contributed by atoms with Crippen molar-refractivity contribution in [2.24, 2.45) is 0 Å². The molecule has 0 spiro atoms. The van der Waals surface area contributed by atoms with Crippen LogP contribution in [0, 0.1) is 12.7 Å². The number of anilines is 1. The molecule has 0 aliphatic heterocycles. The van der Waals surface area contributed by atoms with E-state index in [-0.39, 0.29) is 10.0 Å². The van der Waals surface area contributed by atoms with Crippen LogP contribution in [0.25, 0.3) is 10.9 Å². The van der Waals surface area contributed by atoms with E-state index < -0.39 is 41.6 Å². The van der Waals surface area contributed by atoms with E-state index >= 15 is 0 Å². The maximum absolute atomic E-state index is 14.6. The molecule has 31 heavy (non-hydrogen) atoms. The second-order valence-corrected chi connectivity index (χ2v) is 8.57. The van der Waals surface area contributed by atoms with Crippen LogP contribution in [0.3, 0.4) is 0 Å². The van der Waals surface area contributed by atoms with Gasteiger partial charge >= 0.3 is 0 Å². The fourth-order valence-electron chi connectivity index (χ4n) is 3.67. The van der Waals surface area contributed by atoms with Gasteiger partial charge in [0.1, 0.15) is 28.6 Å². The van der Waals surface area contributed by atoms with Gasteiger partial charge in [-0.3, -0.25) is 4.79 Å². The van der Waals surface area contributed by atoms with Gasteiger partial charge in [-0.1, -0.05) is 18.2 Å².